The zero-order valence-electron chi connectivity index (χ0n) is 20.2. The van der Waals surface area contributed by atoms with E-state index < -0.39 is 0 Å². The number of aryl methyl sites for hydroxylation is 1. The summed E-state index contributed by atoms with van der Waals surface area (Å²) < 4.78 is 11.7. The summed E-state index contributed by atoms with van der Waals surface area (Å²) in [5.41, 5.74) is 2.35. The van der Waals surface area contributed by atoms with Gasteiger partial charge < -0.3 is 25.0 Å². The minimum atomic E-state index is 0. The number of halogens is 1. The Labute approximate surface area is 211 Å². The van der Waals surface area contributed by atoms with E-state index in [1.165, 1.54) is 44.5 Å². The fourth-order valence-corrected chi connectivity index (χ4v) is 4.33. The monoisotopic (exact) mass is 558 g/mol. The molecule has 0 spiro atoms. The van der Waals surface area contributed by atoms with Gasteiger partial charge in [-0.2, -0.15) is 0 Å². The molecular formula is C25H43IN4O2. The maximum Gasteiger partial charge on any atom is 0.191 e. The summed E-state index contributed by atoms with van der Waals surface area (Å²) in [7, 11) is 0. The lowest BCUT2D eigenvalue weighted by molar-refractivity contribution is 0.166. The van der Waals surface area contributed by atoms with E-state index in [4.69, 9.17) is 14.5 Å². The Morgan fingerprint density at radius 2 is 1.97 bits per heavy atom. The first-order chi connectivity index (χ1) is 15.2. The first-order valence-electron chi connectivity index (χ1n) is 12.2. The Balaban J connectivity index is 0.00000363. The van der Waals surface area contributed by atoms with Crippen molar-refractivity contribution in [2.45, 2.75) is 53.0 Å². The van der Waals surface area contributed by atoms with Crippen LogP contribution in [0.3, 0.4) is 0 Å². The van der Waals surface area contributed by atoms with E-state index in [0.29, 0.717) is 12.5 Å². The van der Waals surface area contributed by atoms with Gasteiger partial charge in [0.2, 0.25) is 0 Å². The topological polar surface area (TPSA) is 58.1 Å². The molecule has 2 aliphatic heterocycles. The molecule has 2 aliphatic rings. The lowest BCUT2D eigenvalue weighted by atomic mass is 9.97. The van der Waals surface area contributed by atoms with Crippen LogP contribution >= 0.6 is 24.0 Å². The van der Waals surface area contributed by atoms with Crippen LogP contribution < -0.4 is 15.4 Å². The van der Waals surface area contributed by atoms with Crippen LogP contribution in [0.1, 0.15) is 50.7 Å². The molecule has 182 valence electrons. The predicted molar refractivity (Wildman–Crippen MR) is 143 cm³/mol. The van der Waals surface area contributed by atoms with Crippen molar-refractivity contribution in [2.75, 3.05) is 52.5 Å². The molecule has 32 heavy (non-hydrogen) atoms. The molecule has 0 bridgehead atoms. The van der Waals surface area contributed by atoms with E-state index in [-0.39, 0.29) is 24.0 Å². The van der Waals surface area contributed by atoms with Gasteiger partial charge >= 0.3 is 0 Å². The van der Waals surface area contributed by atoms with Gasteiger partial charge in [-0.25, -0.2) is 4.99 Å². The second-order valence-corrected chi connectivity index (χ2v) is 9.01. The number of nitrogens with one attached hydrogen (secondary N) is 2. The zero-order valence-corrected chi connectivity index (χ0v) is 22.5. The van der Waals surface area contributed by atoms with E-state index in [9.17, 15) is 0 Å². The quantitative estimate of drug-likeness (QED) is 0.256. The highest BCUT2D eigenvalue weighted by Gasteiger charge is 2.19. The molecule has 7 heteroatoms. The maximum absolute atomic E-state index is 6.18. The Bertz CT molecular complexity index is 687. The van der Waals surface area contributed by atoms with E-state index in [1.807, 2.05) is 0 Å². The number of rotatable bonds is 10. The maximum atomic E-state index is 6.18. The van der Waals surface area contributed by atoms with Gasteiger partial charge in [0.25, 0.3) is 0 Å². The van der Waals surface area contributed by atoms with Gasteiger partial charge in [0, 0.05) is 31.2 Å². The van der Waals surface area contributed by atoms with Crippen LogP contribution in [0.25, 0.3) is 0 Å². The molecule has 2 heterocycles. The van der Waals surface area contributed by atoms with E-state index >= 15 is 0 Å². The van der Waals surface area contributed by atoms with Crippen molar-refractivity contribution >= 4 is 29.9 Å². The summed E-state index contributed by atoms with van der Waals surface area (Å²) in [6.07, 6.45) is 4.88. The standard InChI is InChI=1S/C25H42N4O2.HI/c1-4-11-29-12-8-21(9-13-29)16-27-25(26-5-2)28-17-23-7-6-20(3)15-24(23)31-19-22-10-14-30-18-22;/h6-7,15,21-22H,4-5,8-14,16-19H2,1-3H3,(H2,26,27,28);1H. The fourth-order valence-electron chi connectivity index (χ4n) is 4.33. The Morgan fingerprint density at radius 3 is 2.66 bits per heavy atom. The van der Waals surface area contributed by atoms with Crippen LogP contribution in [0.15, 0.2) is 23.2 Å². The third kappa shape index (κ3) is 9.06. The summed E-state index contributed by atoms with van der Waals surface area (Å²) in [4.78, 5) is 7.45. The lowest BCUT2D eigenvalue weighted by Crippen LogP contribution is -2.43. The van der Waals surface area contributed by atoms with Crippen LogP contribution in [0.2, 0.25) is 0 Å². The van der Waals surface area contributed by atoms with E-state index in [2.05, 4.69) is 54.5 Å². The summed E-state index contributed by atoms with van der Waals surface area (Å²) in [5, 5.41) is 6.98. The molecule has 0 amide bonds. The Morgan fingerprint density at radius 1 is 1.16 bits per heavy atom. The van der Waals surface area contributed by atoms with E-state index in [1.54, 1.807) is 0 Å². The SMILES string of the molecule is CCCN1CCC(CNC(=NCc2ccc(C)cc2OCC2CCOC2)NCC)CC1.I. The Kier molecular flexibility index (Phi) is 12.7. The van der Waals surface area contributed by atoms with Gasteiger partial charge in [-0.05, 0) is 76.7 Å². The third-order valence-electron chi connectivity index (χ3n) is 6.28. The highest BCUT2D eigenvalue weighted by Crippen LogP contribution is 2.23. The van der Waals surface area contributed by atoms with Crippen molar-refractivity contribution in [1.82, 2.24) is 15.5 Å². The number of hydrogen-bond donors (Lipinski definition) is 2. The third-order valence-corrected chi connectivity index (χ3v) is 6.28. The Hall–Kier alpha value is -1.06. The van der Waals surface area contributed by atoms with Gasteiger partial charge in [-0.15, -0.1) is 24.0 Å². The molecule has 1 aromatic carbocycles. The highest BCUT2D eigenvalue weighted by molar-refractivity contribution is 14.0. The number of guanidine groups is 1. The fraction of sp³-hybridized carbons (Fsp3) is 0.720. The van der Waals surface area contributed by atoms with Crippen LogP contribution in [-0.4, -0.2) is 63.4 Å². The van der Waals surface area contributed by atoms with Crippen LogP contribution in [0, 0.1) is 18.8 Å². The van der Waals surface area contributed by atoms with Crippen molar-refractivity contribution in [3.63, 3.8) is 0 Å². The van der Waals surface area contributed by atoms with Crippen molar-refractivity contribution in [2.24, 2.45) is 16.8 Å². The average Bonchev–Trinajstić information content (AvgIpc) is 3.30. The molecule has 1 atom stereocenters. The van der Waals surface area contributed by atoms with Crippen LogP contribution in [0.5, 0.6) is 5.75 Å². The molecule has 1 unspecified atom stereocenters. The second-order valence-electron chi connectivity index (χ2n) is 9.01. The van der Waals surface area contributed by atoms with Crippen LogP contribution in [-0.2, 0) is 11.3 Å². The smallest absolute Gasteiger partial charge is 0.191 e. The number of piperidine rings is 1. The van der Waals surface area contributed by atoms with Crippen molar-refractivity contribution in [3.05, 3.63) is 29.3 Å². The second kappa shape index (κ2) is 15.0. The number of nitrogens with zero attached hydrogens (tertiary/aromatic N) is 2. The first-order valence-corrected chi connectivity index (χ1v) is 12.2. The van der Waals surface area contributed by atoms with Crippen LogP contribution in [0.4, 0.5) is 0 Å². The number of benzene rings is 1. The molecule has 2 saturated heterocycles. The number of likely N-dealkylation sites (tertiary alicyclic amines) is 1. The molecule has 2 fully saturated rings. The van der Waals surface area contributed by atoms with Gasteiger partial charge in [0.15, 0.2) is 5.96 Å². The first kappa shape index (κ1) is 27.2. The average molecular weight is 559 g/mol. The molecule has 0 aromatic heterocycles. The molecule has 2 N–H and O–H groups in total. The van der Waals surface area contributed by atoms with Gasteiger partial charge in [0.05, 0.1) is 19.8 Å². The summed E-state index contributed by atoms with van der Waals surface area (Å²) in [6, 6.07) is 6.41. The minimum Gasteiger partial charge on any atom is -0.493 e. The number of hydrogen-bond acceptors (Lipinski definition) is 4. The molecule has 0 radical (unpaired) electrons. The molecular weight excluding hydrogens is 515 g/mol. The number of ether oxygens (including phenoxy) is 2. The van der Waals surface area contributed by atoms with Crippen molar-refractivity contribution in [3.8, 4) is 5.75 Å². The zero-order chi connectivity index (χ0) is 21.9. The van der Waals surface area contributed by atoms with Crippen molar-refractivity contribution in [1.29, 1.82) is 0 Å². The lowest BCUT2D eigenvalue weighted by Gasteiger charge is -2.32. The van der Waals surface area contributed by atoms with Gasteiger partial charge in [-0.3, -0.25) is 0 Å². The summed E-state index contributed by atoms with van der Waals surface area (Å²) >= 11 is 0. The molecule has 0 aliphatic carbocycles. The molecule has 6 nitrogen and oxygen atoms in total. The predicted octanol–water partition coefficient (Wildman–Crippen LogP) is 4.21. The van der Waals surface area contributed by atoms with Gasteiger partial charge in [0.1, 0.15) is 5.75 Å². The minimum absolute atomic E-state index is 0. The number of aliphatic imine (C=N–C) groups is 1. The highest BCUT2D eigenvalue weighted by atomic mass is 127. The summed E-state index contributed by atoms with van der Waals surface area (Å²) in [6.45, 7) is 15.0. The molecule has 3 rings (SSSR count). The van der Waals surface area contributed by atoms with Crippen molar-refractivity contribution < 1.29 is 9.47 Å². The van der Waals surface area contributed by atoms with E-state index in [0.717, 1.165) is 62.5 Å². The summed E-state index contributed by atoms with van der Waals surface area (Å²) in [5.74, 6) is 3.08. The largest absolute Gasteiger partial charge is 0.493 e. The molecule has 1 aromatic rings. The van der Waals surface area contributed by atoms with Gasteiger partial charge in [-0.1, -0.05) is 19.1 Å². The normalized spacial score (nSPS) is 20.1. The molecule has 0 saturated carbocycles.